The average molecular weight is 227 g/mol. The summed E-state index contributed by atoms with van der Waals surface area (Å²) in [6.45, 7) is 4.63. The summed E-state index contributed by atoms with van der Waals surface area (Å²) in [5, 5.41) is 3.88. The second-order valence-electron chi connectivity index (χ2n) is 5.29. The first-order valence-corrected chi connectivity index (χ1v) is 7.68. The predicted molar refractivity (Wildman–Crippen MR) is 69.3 cm³/mol. The van der Waals surface area contributed by atoms with Crippen LogP contribution >= 0.6 is 11.8 Å². The van der Waals surface area contributed by atoms with Crippen molar-refractivity contribution in [3.05, 3.63) is 0 Å². The highest BCUT2D eigenvalue weighted by molar-refractivity contribution is 8.00. The van der Waals surface area contributed by atoms with Gasteiger partial charge in [-0.2, -0.15) is 0 Å². The van der Waals surface area contributed by atoms with Crippen molar-refractivity contribution < 1.29 is 0 Å². The first-order chi connectivity index (χ1) is 7.28. The lowest BCUT2D eigenvalue weighted by atomic mass is 9.83. The average Bonchev–Trinajstić information content (AvgIpc) is 2.66. The van der Waals surface area contributed by atoms with Crippen LogP contribution in [-0.2, 0) is 0 Å². The van der Waals surface area contributed by atoms with Gasteiger partial charge in [0.2, 0.25) is 0 Å². The Balaban J connectivity index is 1.82. The second kappa shape index (κ2) is 5.09. The largest absolute Gasteiger partial charge is 0.299 e. The van der Waals surface area contributed by atoms with E-state index in [0.29, 0.717) is 4.87 Å². The zero-order valence-electron chi connectivity index (χ0n) is 10.2. The van der Waals surface area contributed by atoms with E-state index < -0.39 is 0 Å². The zero-order chi connectivity index (χ0) is 10.7. The second-order valence-corrected chi connectivity index (χ2v) is 6.69. The van der Waals surface area contributed by atoms with Crippen molar-refractivity contribution in [2.75, 3.05) is 5.75 Å². The van der Waals surface area contributed by atoms with Gasteiger partial charge in [-0.1, -0.05) is 26.7 Å². The summed E-state index contributed by atoms with van der Waals surface area (Å²) in [5.41, 5.74) is 0. The normalized spacial score (nSPS) is 41.2. The summed E-state index contributed by atoms with van der Waals surface area (Å²) in [4.78, 5) is 0.491. The smallest absolute Gasteiger partial charge is 0.0648 e. The third-order valence-electron chi connectivity index (χ3n) is 4.13. The Morgan fingerprint density at radius 2 is 2.00 bits per heavy atom. The van der Waals surface area contributed by atoms with Gasteiger partial charge in [0.05, 0.1) is 4.87 Å². The van der Waals surface area contributed by atoms with E-state index in [-0.39, 0.29) is 0 Å². The van der Waals surface area contributed by atoms with E-state index in [1.807, 2.05) is 0 Å². The van der Waals surface area contributed by atoms with Gasteiger partial charge >= 0.3 is 0 Å². The Bertz CT molecular complexity index is 197. The molecule has 0 aromatic rings. The van der Waals surface area contributed by atoms with Crippen molar-refractivity contribution in [2.45, 2.75) is 69.7 Å². The number of nitrogens with one attached hydrogen (secondary N) is 1. The molecule has 0 aromatic heterocycles. The molecule has 1 saturated heterocycles. The Morgan fingerprint density at radius 3 is 2.53 bits per heavy atom. The molecular formula is C13H25NS. The summed E-state index contributed by atoms with van der Waals surface area (Å²) < 4.78 is 0. The van der Waals surface area contributed by atoms with E-state index in [4.69, 9.17) is 0 Å². The van der Waals surface area contributed by atoms with Crippen molar-refractivity contribution in [2.24, 2.45) is 5.92 Å². The Labute approximate surface area is 98.8 Å². The van der Waals surface area contributed by atoms with Crippen LogP contribution in [-0.4, -0.2) is 16.7 Å². The minimum absolute atomic E-state index is 0.491. The molecule has 0 bridgehead atoms. The van der Waals surface area contributed by atoms with Crippen LogP contribution in [0.4, 0.5) is 0 Å². The zero-order valence-corrected chi connectivity index (χ0v) is 11.0. The lowest BCUT2D eigenvalue weighted by Gasteiger charge is -2.37. The highest BCUT2D eigenvalue weighted by Crippen LogP contribution is 2.45. The van der Waals surface area contributed by atoms with E-state index in [1.165, 1.54) is 50.7 Å². The van der Waals surface area contributed by atoms with Gasteiger partial charge in [0.1, 0.15) is 0 Å². The summed E-state index contributed by atoms with van der Waals surface area (Å²) in [6.07, 6.45) is 9.88. The predicted octanol–water partition coefficient (Wildman–Crippen LogP) is 3.79. The molecule has 0 radical (unpaired) electrons. The highest BCUT2D eigenvalue weighted by Gasteiger charge is 2.40. The minimum Gasteiger partial charge on any atom is -0.299 e. The van der Waals surface area contributed by atoms with Crippen LogP contribution < -0.4 is 5.32 Å². The van der Waals surface area contributed by atoms with Crippen molar-refractivity contribution in [1.82, 2.24) is 5.32 Å². The third-order valence-corrected chi connectivity index (χ3v) is 5.78. The Kier molecular flexibility index (Phi) is 4.00. The van der Waals surface area contributed by atoms with Crippen LogP contribution in [0.3, 0.4) is 0 Å². The molecule has 2 rings (SSSR count). The van der Waals surface area contributed by atoms with Crippen LogP contribution in [0.25, 0.3) is 0 Å². The summed E-state index contributed by atoms with van der Waals surface area (Å²) >= 11 is 2.21. The maximum absolute atomic E-state index is 3.88. The molecule has 1 saturated carbocycles. The van der Waals surface area contributed by atoms with Crippen LogP contribution in [0.1, 0.15) is 58.8 Å². The first-order valence-electron chi connectivity index (χ1n) is 6.69. The van der Waals surface area contributed by atoms with E-state index in [0.717, 1.165) is 12.0 Å². The van der Waals surface area contributed by atoms with E-state index in [9.17, 15) is 0 Å². The van der Waals surface area contributed by atoms with Gasteiger partial charge in [-0.3, -0.25) is 5.32 Å². The Hall–Kier alpha value is 0.310. The number of hydrogen-bond acceptors (Lipinski definition) is 2. The molecule has 2 fully saturated rings. The fraction of sp³-hybridized carbons (Fsp3) is 1.00. The molecule has 1 unspecified atom stereocenters. The van der Waals surface area contributed by atoms with Crippen molar-refractivity contribution in [3.8, 4) is 0 Å². The van der Waals surface area contributed by atoms with E-state index >= 15 is 0 Å². The van der Waals surface area contributed by atoms with Gasteiger partial charge in [0.15, 0.2) is 0 Å². The van der Waals surface area contributed by atoms with Crippen LogP contribution in [0.15, 0.2) is 0 Å². The first kappa shape index (κ1) is 11.8. The molecular weight excluding hydrogens is 202 g/mol. The number of rotatable bonds is 3. The van der Waals surface area contributed by atoms with Gasteiger partial charge in [-0.05, 0) is 38.0 Å². The Morgan fingerprint density at radius 1 is 1.27 bits per heavy atom. The lowest BCUT2D eigenvalue weighted by Crippen LogP contribution is -2.44. The molecule has 1 heterocycles. The van der Waals surface area contributed by atoms with E-state index in [1.54, 1.807) is 0 Å². The van der Waals surface area contributed by atoms with Gasteiger partial charge in [0.25, 0.3) is 0 Å². The maximum atomic E-state index is 3.88. The molecule has 88 valence electrons. The van der Waals surface area contributed by atoms with Crippen molar-refractivity contribution >= 4 is 11.8 Å². The van der Waals surface area contributed by atoms with Gasteiger partial charge in [-0.25, -0.2) is 0 Å². The van der Waals surface area contributed by atoms with Crippen LogP contribution in [0, 0.1) is 5.92 Å². The molecule has 0 amide bonds. The molecule has 15 heavy (non-hydrogen) atoms. The van der Waals surface area contributed by atoms with Gasteiger partial charge < -0.3 is 0 Å². The summed E-state index contributed by atoms with van der Waals surface area (Å²) in [6, 6.07) is 0.790. The fourth-order valence-electron chi connectivity index (χ4n) is 3.06. The maximum Gasteiger partial charge on any atom is 0.0648 e. The van der Waals surface area contributed by atoms with Crippen molar-refractivity contribution in [1.29, 1.82) is 0 Å². The number of hydrogen-bond donors (Lipinski definition) is 1. The lowest BCUT2D eigenvalue weighted by molar-refractivity contribution is 0.252. The molecule has 0 aromatic carbocycles. The minimum atomic E-state index is 0.491. The summed E-state index contributed by atoms with van der Waals surface area (Å²) in [5.74, 6) is 2.37. The van der Waals surface area contributed by atoms with Gasteiger partial charge in [0, 0.05) is 11.8 Å². The summed E-state index contributed by atoms with van der Waals surface area (Å²) in [7, 11) is 0. The molecule has 2 heteroatoms. The highest BCUT2D eigenvalue weighted by atomic mass is 32.2. The molecule has 1 aliphatic heterocycles. The molecule has 2 aliphatic rings. The van der Waals surface area contributed by atoms with Crippen LogP contribution in [0.5, 0.6) is 0 Å². The van der Waals surface area contributed by atoms with Crippen molar-refractivity contribution in [3.63, 3.8) is 0 Å². The molecule has 1 atom stereocenters. The number of thioether (sulfide) groups is 1. The molecule has 1 nitrogen and oxygen atoms in total. The SMILES string of the molecule is CCCC1CCC2(CC1)NC(CC)CS2. The molecule has 1 spiro atoms. The quantitative estimate of drug-likeness (QED) is 0.787. The van der Waals surface area contributed by atoms with E-state index in [2.05, 4.69) is 30.9 Å². The fourth-order valence-corrected chi connectivity index (χ4v) is 4.68. The van der Waals surface area contributed by atoms with Crippen LogP contribution in [0.2, 0.25) is 0 Å². The van der Waals surface area contributed by atoms with Gasteiger partial charge in [-0.15, -0.1) is 11.8 Å². The standard InChI is InChI=1S/C13H25NS/c1-3-5-11-6-8-13(9-7-11)14-12(4-2)10-15-13/h11-12,14H,3-10H2,1-2H3. The third kappa shape index (κ3) is 2.71. The molecule has 1 N–H and O–H groups in total. The monoisotopic (exact) mass is 227 g/mol. The topological polar surface area (TPSA) is 12.0 Å². The molecule has 1 aliphatic carbocycles.